The van der Waals surface area contributed by atoms with Gasteiger partial charge in [0.1, 0.15) is 0 Å². The summed E-state index contributed by atoms with van der Waals surface area (Å²) in [4.78, 5) is 10.3. The van der Waals surface area contributed by atoms with Gasteiger partial charge in [-0.1, -0.05) is 0 Å². The van der Waals surface area contributed by atoms with E-state index in [0.29, 0.717) is 6.42 Å². The highest BCUT2D eigenvalue weighted by Crippen LogP contribution is 2.21. The maximum atomic E-state index is 10.3. The monoisotopic (exact) mass is 160 g/mol. The molecule has 1 rings (SSSR count). The molecule has 3 atom stereocenters. The predicted molar refractivity (Wildman–Crippen MR) is 37.2 cm³/mol. The fourth-order valence-corrected chi connectivity index (χ4v) is 1.22. The minimum absolute atomic E-state index is 0.0778. The molecule has 2 N–H and O–H groups in total. The first kappa shape index (κ1) is 8.49. The van der Waals surface area contributed by atoms with Crippen molar-refractivity contribution in [2.75, 3.05) is 0 Å². The number of aliphatic carboxylic acids is 1. The Morgan fingerprint density at radius 3 is 2.64 bits per heavy atom. The van der Waals surface area contributed by atoms with Crippen LogP contribution in [0.3, 0.4) is 0 Å². The van der Waals surface area contributed by atoms with Crippen molar-refractivity contribution >= 4 is 5.97 Å². The van der Waals surface area contributed by atoms with E-state index in [1.54, 1.807) is 0 Å². The van der Waals surface area contributed by atoms with E-state index >= 15 is 0 Å². The Bertz CT molecular complexity index is 157. The van der Waals surface area contributed by atoms with Crippen LogP contribution in [0.25, 0.3) is 0 Å². The fourth-order valence-electron chi connectivity index (χ4n) is 1.22. The lowest BCUT2D eigenvalue weighted by Gasteiger charge is -2.13. The zero-order chi connectivity index (χ0) is 8.43. The first-order valence-corrected chi connectivity index (χ1v) is 3.67. The molecule has 3 unspecified atom stereocenters. The molecular formula is C7H12O4. The molecule has 64 valence electrons. The first-order chi connectivity index (χ1) is 5.11. The van der Waals surface area contributed by atoms with Gasteiger partial charge in [0, 0.05) is 0 Å². The topological polar surface area (TPSA) is 66.8 Å². The number of aliphatic hydroxyl groups excluding tert-OH is 1. The number of carbonyl (C=O) groups is 1. The molecule has 0 radical (unpaired) electrons. The largest absolute Gasteiger partial charge is 0.479 e. The van der Waals surface area contributed by atoms with Gasteiger partial charge in [0.15, 0.2) is 6.10 Å². The maximum absolute atomic E-state index is 10.3. The van der Waals surface area contributed by atoms with Crippen LogP contribution in [0.1, 0.15) is 19.8 Å². The third kappa shape index (κ3) is 1.91. The quantitative estimate of drug-likeness (QED) is 0.596. The third-order valence-electron chi connectivity index (χ3n) is 1.87. The summed E-state index contributed by atoms with van der Waals surface area (Å²) in [5.41, 5.74) is 0. The van der Waals surface area contributed by atoms with Gasteiger partial charge in [-0.25, -0.2) is 4.79 Å². The Morgan fingerprint density at radius 2 is 2.27 bits per heavy atom. The number of carboxylic acids is 1. The van der Waals surface area contributed by atoms with Crippen molar-refractivity contribution in [2.24, 2.45) is 0 Å². The number of hydrogen-bond donors (Lipinski definition) is 2. The average Bonchev–Trinajstić information content (AvgIpc) is 2.34. The summed E-state index contributed by atoms with van der Waals surface area (Å²) < 4.78 is 5.15. The predicted octanol–water partition coefficient (Wildman–Crippen LogP) is -0.000600. The van der Waals surface area contributed by atoms with Crippen molar-refractivity contribution in [1.29, 1.82) is 0 Å². The van der Waals surface area contributed by atoms with Gasteiger partial charge in [0.2, 0.25) is 0 Å². The third-order valence-corrected chi connectivity index (χ3v) is 1.87. The Morgan fingerprint density at radius 1 is 1.64 bits per heavy atom. The second-order valence-corrected chi connectivity index (χ2v) is 2.85. The Balaban J connectivity index is 2.43. The molecule has 0 aromatic heterocycles. The van der Waals surface area contributed by atoms with Gasteiger partial charge in [0.25, 0.3) is 0 Å². The van der Waals surface area contributed by atoms with Crippen LogP contribution in [-0.2, 0) is 9.53 Å². The van der Waals surface area contributed by atoms with E-state index in [4.69, 9.17) is 14.9 Å². The Hall–Kier alpha value is -0.610. The zero-order valence-corrected chi connectivity index (χ0v) is 6.36. The lowest BCUT2D eigenvalue weighted by atomic mass is 10.1. The molecule has 1 aliphatic rings. The van der Waals surface area contributed by atoms with Gasteiger partial charge in [-0.3, -0.25) is 0 Å². The normalized spacial score (nSPS) is 33.6. The van der Waals surface area contributed by atoms with Gasteiger partial charge in [0.05, 0.1) is 12.2 Å². The Kier molecular flexibility index (Phi) is 2.46. The molecule has 0 amide bonds. The molecule has 1 saturated heterocycles. The van der Waals surface area contributed by atoms with Crippen LogP contribution >= 0.6 is 0 Å². The highest BCUT2D eigenvalue weighted by atomic mass is 16.5. The van der Waals surface area contributed by atoms with Crippen molar-refractivity contribution in [2.45, 2.75) is 38.1 Å². The lowest BCUT2D eigenvalue weighted by molar-refractivity contribution is -0.154. The molecule has 1 fully saturated rings. The first-order valence-electron chi connectivity index (χ1n) is 3.67. The second kappa shape index (κ2) is 3.19. The minimum Gasteiger partial charge on any atom is -0.479 e. The van der Waals surface area contributed by atoms with Crippen molar-refractivity contribution < 1.29 is 19.7 Å². The molecule has 0 spiro atoms. The smallest absolute Gasteiger partial charge is 0.335 e. The molecule has 0 aromatic rings. The molecule has 1 heterocycles. The molecule has 0 aromatic carbocycles. The van der Waals surface area contributed by atoms with Gasteiger partial charge in [-0.15, -0.1) is 0 Å². The van der Waals surface area contributed by atoms with E-state index in [2.05, 4.69) is 0 Å². The van der Waals surface area contributed by atoms with Crippen molar-refractivity contribution in [1.82, 2.24) is 0 Å². The van der Waals surface area contributed by atoms with E-state index in [0.717, 1.165) is 6.42 Å². The van der Waals surface area contributed by atoms with Crippen LogP contribution in [0.2, 0.25) is 0 Å². The maximum Gasteiger partial charge on any atom is 0.335 e. The van der Waals surface area contributed by atoms with Crippen LogP contribution in [0.5, 0.6) is 0 Å². The fraction of sp³-hybridized carbons (Fsp3) is 0.857. The second-order valence-electron chi connectivity index (χ2n) is 2.85. The van der Waals surface area contributed by atoms with Crippen LogP contribution < -0.4 is 0 Å². The molecule has 11 heavy (non-hydrogen) atoms. The summed E-state index contributed by atoms with van der Waals surface area (Å²) in [6.07, 6.45) is -0.333. The summed E-state index contributed by atoms with van der Waals surface area (Å²) in [6, 6.07) is 0. The van der Waals surface area contributed by atoms with Crippen LogP contribution in [0, 0.1) is 0 Å². The van der Waals surface area contributed by atoms with Crippen LogP contribution in [-0.4, -0.2) is 34.5 Å². The summed E-state index contributed by atoms with van der Waals surface area (Å²) in [7, 11) is 0. The van der Waals surface area contributed by atoms with Crippen molar-refractivity contribution in [3.05, 3.63) is 0 Å². The molecule has 0 bridgehead atoms. The highest BCUT2D eigenvalue weighted by molar-refractivity contribution is 5.72. The highest BCUT2D eigenvalue weighted by Gasteiger charge is 2.32. The van der Waals surface area contributed by atoms with E-state index < -0.39 is 18.2 Å². The summed E-state index contributed by atoms with van der Waals surface area (Å²) >= 11 is 0. The summed E-state index contributed by atoms with van der Waals surface area (Å²) in [5, 5.41) is 17.4. The number of carboxylic acid groups (broad SMARTS) is 1. The number of aliphatic hydroxyl groups is 1. The standard InChI is InChI=1S/C7H12O4/c1-4-2-3-5(11-4)6(8)7(9)10/h4-6,8H,2-3H2,1H3,(H,9,10). The number of ether oxygens (including phenoxy) is 1. The molecule has 4 heteroatoms. The van der Waals surface area contributed by atoms with Crippen LogP contribution in [0.15, 0.2) is 0 Å². The molecule has 1 aliphatic heterocycles. The Labute approximate surface area is 64.8 Å². The van der Waals surface area contributed by atoms with E-state index in [9.17, 15) is 4.79 Å². The molecular weight excluding hydrogens is 148 g/mol. The molecule has 0 saturated carbocycles. The van der Waals surface area contributed by atoms with Gasteiger partial charge in [-0.2, -0.15) is 0 Å². The lowest BCUT2D eigenvalue weighted by Crippen LogP contribution is -2.33. The van der Waals surface area contributed by atoms with E-state index in [-0.39, 0.29) is 6.10 Å². The van der Waals surface area contributed by atoms with Crippen LogP contribution in [0.4, 0.5) is 0 Å². The van der Waals surface area contributed by atoms with Crippen molar-refractivity contribution in [3.63, 3.8) is 0 Å². The van der Waals surface area contributed by atoms with Gasteiger partial charge in [-0.05, 0) is 19.8 Å². The van der Waals surface area contributed by atoms with E-state index in [1.165, 1.54) is 0 Å². The summed E-state index contributed by atoms with van der Waals surface area (Å²) in [5.74, 6) is -1.20. The summed E-state index contributed by atoms with van der Waals surface area (Å²) in [6.45, 7) is 1.87. The number of rotatable bonds is 2. The minimum atomic E-state index is -1.36. The SMILES string of the molecule is CC1CCC(C(O)C(=O)O)O1. The molecule has 0 aliphatic carbocycles. The number of hydrogen-bond acceptors (Lipinski definition) is 3. The van der Waals surface area contributed by atoms with E-state index in [1.807, 2.05) is 6.92 Å². The van der Waals surface area contributed by atoms with Gasteiger partial charge >= 0.3 is 5.97 Å². The average molecular weight is 160 g/mol. The zero-order valence-electron chi connectivity index (χ0n) is 6.36. The van der Waals surface area contributed by atoms with Crippen molar-refractivity contribution in [3.8, 4) is 0 Å². The molecule has 4 nitrogen and oxygen atoms in total. The van der Waals surface area contributed by atoms with Gasteiger partial charge < -0.3 is 14.9 Å².